The van der Waals surface area contributed by atoms with E-state index in [1.165, 1.54) is 6.07 Å². The molecule has 2 aliphatic rings. The van der Waals surface area contributed by atoms with Gasteiger partial charge in [-0.05, 0) is 37.0 Å². The number of fused-ring (bicyclic) bond motifs is 2. The Morgan fingerprint density at radius 3 is 2.94 bits per heavy atom. The molecule has 2 fully saturated rings. The van der Waals surface area contributed by atoms with Gasteiger partial charge in [-0.1, -0.05) is 12.1 Å². The Morgan fingerprint density at radius 2 is 2.31 bits per heavy atom. The predicted octanol–water partition coefficient (Wildman–Crippen LogP) is 2.48. The fourth-order valence-electron chi connectivity index (χ4n) is 3.03. The Labute approximate surface area is 93.4 Å². The van der Waals surface area contributed by atoms with Crippen molar-refractivity contribution >= 4 is 5.97 Å². The van der Waals surface area contributed by atoms with Gasteiger partial charge in [0, 0.05) is 6.42 Å². The van der Waals surface area contributed by atoms with E-state index >= 15 is 0 Å². The number of ether oxygens (including phenoxy) is 1. The largest absolute Gasteiger partial charge is 0.462 e. The molecule has 0 aromatic heterocycles. The number of esters is 1. The number of halogens is 1. The van der Waals surface area contributed by atoms with Gasteiger partial charge in [-0.3, -0.25) is 4.79 Å². The minimum atomic E-state index is -0.559. The molecule has 2 nitrogen and oxygen atoms in total. The molecule has 16 heavy (non-hydrogen) atoms. The molecule has 3 heteroatoms. The quantitative estimate of drug-likeness (QED) is 0.680. The topological polar surface area (TPSA) is 26.3 Å². The second kappa shape index (κ2) is 3.06. The number of benzene rings is 1. The standard InChI is InChI=1S/C13H13FO2/c1-8-10(3-2-4-11(8)14)13-6-5-9(7-13)16-12(13)15/h2-4,9H,5-7H2,1H3/t9?,13-/m1/s1. The van der Waals surface area contributed by atoms with Crippen molar-refractivity contribution in [2.75, 3.05) is 0 Å². The number of carbonyl (C=O) groups excluding carboxylic acids is 1. The third-order valence-corrected chi connectivity index (χ3v) is 3.92. The number of hydrogen-bond donors (Lipinski definition) is 0. The maximum Gasteiger partial charge on any atom is 0.316 e. The van der Waals surface area contributed by atoms with Crippen LogP contribution >= 0.6 is 0 Å². The summed E-state index contributed by atoms with van der Waals surface area (Å²) < 4.78 is 18.8. The van der Waals surface area contributed by atoms with E-state index in [4.69, 9.17) is 4.74 Å². The second-order valence-corrected chi connectivity index (χ2v) is 4.76. The van der Waals surface area contributed by atoms with E-state index in [0.29, 0.717) is 5.56 Å². The summed E-state index contributed by atoms with van der Waals surface area (Å²) in [4.78, 5) is 11.9. The monoisotopic (exact) mass is 220 g/mol. The fraction of sp³-hybridized carbons (Fsp3) is 0.462. The van der Waals surface area contributed by atoms with Crippen LogP contribution in [0.25, 0.3) is 0 Å². The molecule has 0 amide bonds. The minimum Gasteiger partial charge on any atom is -0.462 e. The van der Waals surface area contributed by atoms with E-state index in [9.17, 15) is 9.18 Å². The molecule has 2 bridgehead atoms. The zero-order chi connectivity index (χ0) is 11.3. The zero-order valence-corrected chi connectivity index (χ0v) is 9.13. The van der Waals surface area contributed by atoms with E-state index in [1.54, 1.807) is 13.0 Å². The molecule has 1 saturated carbocycles. The number of carbonyl (C=O) groups is 1. The average molecular weight is 220 g/mol. The summed E-state index contributed by atoms with van der Waals surface area (Å²) in [6, 6.07) is 4.96. The van der Waals surface area contributed by atoms with Gasteiger partial charge < -0.3 is 4.74 Å². The minimum absolute atomic E-state index is 0.0511. The first-order chi connectivity index (χ1) is 7.63. The predicted molar refractivity (Wildman–Crippen MR) is 56.5 cm³/mol. The van der Waals surface area contributed by atoms with Gasteiger partial charge >= 0.3 is 5.97 Å². The SMILES string of the molecule is Cc1c(F)cccc1[C@@]12CCC(C1)OC2=O. The molecule has 1 aromatic rings. The van der Waals surface area contributed by atoms with Crippen LogP contribution in [0.3, 0.4) is 0 Å². The highest BCUT2D eigenvalue weighted by Crippen LogP contribution is 2.50. The van der Waals surface area contributed by atoms with Crippen molar-refractivity contribution in [1.82, 2.24) is 0 Å². The van der Waals surface area contributed by atoms with Crippen LogP contribution in [0.1, 0.15) is 30.4 Å². The molecule has 0 radical (unpaired) electrons. The fourth-order valence-corrected chi connectivity index (χ4v) is 3.03. The second-order valence-electron chi connectivity index (χ2n) is 4.76. The van der Waals surface area contributed by atoms with Gasteiger partial charge in [0.1, 0.15) is 11.9 Å². The van der Waals surface area contributed by atoms with Crippen molar-refractivity contribution in [3.63, 3.8) is 0 Å². The molecule has 1 aliphatic carbocycles. The molecule has 1 aromatic carbocycles. The van der Waals surface area contributed by atoms with Gasteiger partial charge in [0.05, 0.1) is 5.41 Å². The molecule has 2 atom stereocenters. The van der Waals surface area contributed by atoms with Crippen LogP contribution in [-0.4, -0.2) is 12.1 Å². The number of rotatable bonds is 1. The molecular formula is C13H13FO2. The summed E-state index contributed by atoms with van der Waals surface area (Å²) >= 11 is 0. The smallest absolute Gasteiger partial charge is 0.316 e. The van der Waals surface area contributed by atoms with E-state index in [0.717, 1.165) is 24.8 Å². The maximum absolute atomic E-state index is 13.5. The normalized spacial score (nSPS) is 31.9. The average Bonchev–Trinajstić information content (AvgIpc) is 2.79. The number of hydrogen-bond acceptors (Lipinski definition) is 2. The van der Waals surface area contributed by atoms with Crippen molar-refractivity contribution in [1.29, 1.82) is 0 Å². The van der Waals surface area contributed by atoms with E-state index in [2.05, 4.69) is 0 Å². The molecule has 1 heterocycles. The molecule has 0 N–H and O–H groups in total. The summed E-state index contributed by atoms with van der Waals surface area (Å²) in [5, 5.41) is 0. The molecule has 1 saturated heterocycles. The first-order valence-corrected chi connectivity index (χ1v) is 5.60. The Morgan fingerprint density at radius 1 is 1.50 bits per heavy atom. The lowest BCUT2D eigenvalue weighted by Crippen LogP contribution is -2.32. The van der Waals surface area contributed by atoms with Crippen LogP contribution < -0.4 is 0 Å². The lowest BCUT2D eigenvalue weighted by atomic mass is 9.77. The lowest BCUT2D eigenvalue weighted by molar-refractivity contribution is -0.149. The van der Waals surface area contributed by atoms with Crippen molar-refractivity contribution < 1.29 is 13.9 Å². The van der Waals surface area contributed by atoms with Gasteiger partial charge in [-0.2, -0.15) is 0 Å². The van der Waals surface area contributed by atoms with Gasteiger partial charge in [0.15, 0.2) is 0 Å². The highest BCUT2D eigenvalue weighted by atomic mass is 19.1. The Hall–Kier alpha value is -1.38. The van der Waals surface area contributed by atoms with Crippen LogP contribution in [0.2, 0.25) is 0 Å². The van der Waals surface area contributed by atoms with Gasteiger partial charge in [-0.15, -0.1) is 0 Å². The summed E-state index contributed by atoms with van der Waals surface area (Å²) in [7, 11) is 0. The van der Waals surface area contributed by atoms with Crippen molar-refractivity contribution in [3.8, 4) is 0 Å². The van der Waals surface area contributed by atoms with Gasteiger partial charge in [0.2, 0.25) is 0 Å². The lowest BCUT2D eigenvalue weighted by Gasteiger charge is -2.25. The van der Waals surface area contributed by atoms with Crippen molar-refractivity contribution in [2.45, 2.75) is 37.7 Å². The Kier molecular flexibility index (Phi) is 1.88. The summed E-state index contributed by atoms with van der Waals surface area (Å²) in [6.07, 6.45) is 2.47. The highest BCUT2D eigenvalue weighted by molar-refractivity contribution is 5.87. The molecule has 0 spiro atoms. The van der Waals surface area contributed by atoms with Crippen LogP contribution in [-0.2, 0) is 14.9 Å². The zero-order valence-electron chi connectivity index (χ0n) is 9.13. The van der Waals surface area contributed by atoms with Crippen LogP contribution in [0.5, 0.6) is 0 Å². The van der Waals surface area contributed by atoms with Gasteiger partial charge in [-0.25, -0.2) is 4.39 Å². The summed E-state index contributed by atoms with van der Waals surface area (Å²) in [5.74, 6) is -0.410. The molecule has 1 unspecified atom stereocenters. The Bertz CT molecular complexity index is 469. The third kappa shape index (κ3) is 1.09. The summed E-state index contributed by atoms with van der Waals surface area (Å²) in [6.45, 7) is 1.73. The van der Waals surface area contributed by atoms with Gasteiger partial charge in [0.25, 0.3) is 0 Å². The molecule has 84 valence electrons. The van der Waals surface area contributed by atoms with Crippen LogP contribution in [0.15, 0.2) is 18.2 Å². The van der Waals surface area contributed by atoms with E-state index < -0.39 is 5.41 Å². The maximum atomic E-state index is 13.5. The summed E-state index contributed by atoms with van der Waals surface area (Å²) in [5.41, 5.74) is 0.844. The third-order valence-electron chi connectivity index (χ3n) is 3.92. The van der Waals surface area contributed by atoms with Crippen LogP contribution in [0, 0.1) is 12.7 Å². The van der Waals surface area contributed by atoms with E-state index in [1.807, 2.05) is 6.07 Å². The van der Waals surface area contributed by atoms with Crippen molar-refractivity contribution in [3.05, 3.63) is 35.1 Å². The molecular weight excluding hydrogens is 207 g/mol. The highest BCUT2D eigenvalue weighted by Gasteiger charge is 2.55. The van der Waals surface area contributed by atoms with E-state index in [-0.39, 0.29) is 17.9 Å². The van der Waals surface area contributed by atoms with Crippen molar-refractivity contribution in [2.24, 2.45) is 0 Å². The first kappa shape index (κ1) is 9.82. The first-order valence-electron chi connectivity index (χ1n) is 5.60. The molecule has 1 aliphatic heterocycles. The van der Waals surface area contributed by atoms with Crippen LogP contribution in [0.4, 0.5) is 4.39 Å². The Balaban J connectivity index is 2.16. The molecule has 3 rings (SSSR count).